The average molecular weight is 396 g/mol. The fourth-order valence-electron chi connectivity index (χ4n) is 3.42. The van der Waals surface area contributed by atoms with E-state index in [4.69, 9.17) is 10.1 Å². The first-order valence-electron chi connectivity index (χ1n) is 9.60. The summed E-state index contributed by atoms with van der Waals surface area (Å²) in [6, 6.07) is 20.6. The van der Waals surface area contributed by atoms with E-state index in [9.17, 15) is 0 Å². The zero-order valence-corrected chi connectivity index (χ0v) is 17.1. The zero-order chi connectivity index (χ0) is 18.6. The molecule has 0 atom stereocenters. The highest BCUT2D eigenvalue weighted by Gasteiger charge is 2.12. The van der Waals surface area contributed by atoms with E-state index in [2.05, 4.69) is 54.4 Å². The predicted octanol–water partition coefficient (Wildman–Crippen LogP) is 4.73. The summed E-state index contributed by atoms with van der Waals surface area (Å²) in [5.74, 6) is 0.921. The summed E-state index contributed by atoms with van der Waals surface area (Å²) < 4.78 is 1.94. The molecular formula is C22H26ClN5. The number of halogens is 1. The molecule has 0 aliphatic carbocycles. The Labute approximate surface area is 171 Å². The second-order valence-corrected chi connectivity index (χ2v) is 6.60. The Hall–Kier alpha value is -2.63. The second kappa shape index (κ2) is 9.04. The Morgan fingerprint density at radius 1 is 0.964 bits per heavy atom. The fourth-order valence-corrected chi connectivity index (χ4v) is 3.42. The van der Waals surface area contributed by atoms with Gasteiger partial charge in [-0.1, -0.05) is 56.3 Å². The molecule has 0 fully saturated rings. The van der Waals surface area contributed by atoms with Crippen LogP contribution in [0.1, 0.15) is 13.8 Å². The first-order chi connectivity index (χ1) is 13.3. The maximum Gasteiger partial charge on any atom is 0.158 e. The fraction of sp³-hybridized carbons (Fsp3) is 0.273. The molecule has 2 aromatic heterocycles. The highest BCUT2D eigenvalue weighted by molar-refractivity contribution is 5.91. The maximum absolute atomic E-state index is 4.87. The lowest BCUT2D eigenvalue weighted by Crippen LogP contribution is -2.28. The van der Waals surface area contributed by atoms with Crippen LogP contribution in [-0.2, 0) is 0 Å². The van der Waals surface area contributed by atoms with Crippen molar-refractivity contribution < 1.29 is 0 Å². The average Bonchev–Trinajstić information content (AvgIpc) is 3.16. The van der Waals surface area contributed by atoms with Crippen LogP contribution >= 0.6 is 12.4 Å². The number of nitrogens with one attached hydrogen (secondary N) is 1. The van der Waals surface area contributed by atoms with E-state index in [1.165, 1.54) is 0 Å². The third kappa shape index (κ3) is 3.96. The van der Waals surface area contributed by atoms with Gasteiger partial charge in [-0.05, 0) is 25.2 Å². The molecule has 0 spiro atoms. The quantitative estimate of drug-likeness (QED) is 0.491. The van der Waals surface area contributed by atoms with Crippen molar-refractivity contribution in [2.75, 3.05) is 31.5 Å². The van der Waals surface area contributed by atoms with E-state index in [0.717, 1.165) is 59.8 Å². The summed E-state index contributed by atoms with van der Waals surface area (Å²) in [7, 11) is 0. The molecule has 6 heteroatoms. The summed E-state index contributed by atoms with van der Waals surface area (Å²) in [6.45, 7) is 8.39. The van der Waals surface area contributed by atoms with Crippen molar-refractivity contribution >= 4 is 34.8 Å². The third-order valence-electron chi connectivity index (χ3n) is 4.99. The van der Waals surface area contributed by atoms with Crippen molar-refractivity contribution in [1.82, 2.24) is 19.5 Å². The molecule has 0 aliphatic rings. The number of benzene rings is 2. The number of hydrogen-bond donors (Lipinski definition) is 1. The third-order valence-corrected chi connectivity index (χ3v) is 4.99. The van der Waals surface area contributed by atoms with Crippen molar-refractivity contribution in [2.45, 2.75) is 13.8 Å². The van der Waals surface area contributed by atoms with Gasteiger partial charge >= 0.3 is 0 Å². The highest BCUT2D eigenvalue weighted by Crippen LogP contribution is 2.26. The Bertz CT molecular complexity index is 1040. The minimum atomic E-state index is 0. The molecule has 0 bridgehead atoms. The number of hydrogen-bond acceptors (Lipinski definition) is 4. The number of likely N-dealkylation sites (N-methyl/N-ethyl adjacent to an activating group) is 1. The van der Waals surface area contributed by atoms with Gasteiger partial charge in [-0.25, -0.2) is 9.50 Å². The molecule has 4 rings (SSSR count). The van der Waals surface area contributed by atoms with Gasteiger partial charge in [0.2, 0.25) is 0 Å². The molecular weight excluding hydrogens is 370 g/mol. The van der Waals surface area contributed by atoms with Crippen LogP contribution in [0.5, 0.6) is 0 Å². The zero-order valence-electron chi connectivity index (χ0n) is 16.3. The van der Waals surface area contributed by atoms with Crippen molar-refractivity contribution in [3.63, 3.8) is 0 Å². The molecule has 2 aromatic carbocycles. The Kier molecular flexibility index (Phi) is 6.49. The minimum absolute atomic E-state index is 0. The van der Waals surface area contributed by atoms with Gasteiger partial charge in [0.1, 0.15) is 5.82 Å². The molecule has 0 radical (unpaired) electrons. The van der Waals surface area contributed by atoms with Crippen LogP contribution in [0.15, 0.2) is 60.7 Å². The number of nitrogens with zero attached hydrogens (tertiary/aromatic N) is 4. The van der Waals surface area contributed by atoms with Crippen molar-refractivity contribution in [3.8, 4) is 11.3 Å². The van der Waals surface area contributed by atoms with Crippen LogP contribution in [0, 0.1) is 0 Å². The van der Waals surface area contributed by atoms with Crippen molar-refractivity contribution in [2.24, 2.45) is 0 Å². The van der Waals surface area contributed by atoms with Crippen LogP contribution in [-0.4, -0.2) is 45.7 Å². The minimum Gasteiger partial charge on any atom is -0.368 e. The molecule has 0 amide bonds. The SMILES string of the molecule is CCN(CC)CCNc1nc2cc(-c3ccccc3)nn2c2ccccc12.Cl. The van der Waals surface area contributed by atoms with E-state index in [1.807, 2.05) is 34.8 Å². The van der Waals surface area contributed by atoms with Crippen LogP contribution in [0.4, 0.5) is 5.82 Å². The summed E-state index contributed by atoms with van der Waals surface area (Å²) in [5.41, 5.74) is 3.96. The number of anilines is 1. The Balaban J connectivity index is 0.00000225. The van der Waals surface area contributed by atoms with Crippen LogP contribution in [0.3, 0.4) is 0 Å². The molecule has 5 nitrogen and oxygen atoms in total. The van der Waals surface area contributed by atoms with Gasteiger partial charge in [0.05, 0.1) is 11.2 Å². The van der Waals surface area contributed by atoms with Gasteiger partial charge in [-0.2, -0.15) is 5.10 Å². The smallest absolute Gasteiger partial charge is 0.158 e. The van der Waals surface area contributed by atoms with Gasteiger partial charge < -0.3 is 10.2 Å². The highest BCUT2D eigenvalue weighted by atomic mass is 35.5. The first-order valence-corrected chi connectivity index (χ1v) is 9.60. The summed E-state index contributed by atoms with van der Waals surface area (Å²) in [4.78, 5) is 7.27. The maximum atomic E-state index is 4.87. The van der Waals surface area contributed by atoms with Gasteiger partial charge in [0.15, 0.2) is 5.65 Å². The topological polar surface area (TPSA) is 45.5 Å². The predicted molar refractivity (Wildman–Crippen MR) is 119 cm³/mol. The summed E-state index contributed by atoms with van der Waals surface area (Å²) in [5, 5.41) is 9.43. The standard InChI is InChI=1S/C22H25N5.ClH/c1-3-26(4-2)15-14-23-22-18-12-8-9-13-20(18)27-21(24-22)16-19(25-27)17-10-6-5-7-11-17;/h5-13,16H,3-4,14-15H2,1-2H3,(H,23,24);1H. The molecule has 0 unspecified atom stereocenters. The molecule has 4 aromatic rings. The van der Waals surface area contributed by atoms with E-state index in [1.54, 1.807) is 0 Å². The van der Waals surface area contributed by atoms with Crippen molar-refractivity contribution in [1.29, 1.82) is 0 Å². The van der Waals surface area contributed by atoms with E-state index >= 15 is 0 Å². The van der Waals surface area contributed by atoms with E-state index < -0.39 is 0 Å². The van der Waals surface area contributed by atoms with Gasteiger partial charge in [-0.15, -0.1) is 12.4 Å². The molecule has 1 N–H and O–H groups in total. The lowest BCUT2D eigenvalue weighted by atomic mass is 10.2. The number of fused-ring (bicyclic) bond motifs is 3. The van der Waals surface area contributed by atoms with Gasteiger partial charge in [0.25, 0.3) is 0 Å². The van der Waals surface area contributed by atoms with Crippen molar-refractivity contribution in [3.05, 3.63) is 60.7 Å². The van der Waals surface area contributed by atoms with Crippen LogP contribution in [0.25, 0.3) is 27.8 Å². The molecule has 146 valence electrons. The Morgan fingerprint density at radius 3 is 2.43 bits per heavy atom. The molecule has 28 heavy (non-hydrogen) atoms. The number of rotatable bonds is 7. The summed E-state index contributed by atoms with van der Waals surface area (Å²) >= 11 is 0. The lowest BCUT2D eigenvalue weighted by molar-refractivity contribution is 0.316. The largest absolute Gasteiger partial charge is 0.368 e. The molecule has 0 saturated carbocycles. The second-order valence-electron chi connectivity index (χ2n) is 6.60. The van der Waals surface area contributed by atoms with Crippen LogP contribution < -0.4 is 5.32 Å². The summed E-state index contributed by atoms with van der Waals surface area (Å²) in [6.07, 6.45) is 0. The van der Waals surface area contributed by atoms with E-state index in [0.29, 0.717) is 0 Å². The normalized spacial score (nSPS) is 11.1. The number of para-hydroxylation sites is 1. The number of aromatic nitrogens is 3. The monoisotopic (exact) mass is 395 g/mol. The van der Waals surface area contributed by atoms with Gasteiger partial charge in [-0.3, -0.25) is 0 Å². The molecule has 2 heterocycles. The van der Waals surface area contributed by atoms with E-state index in [-0.39, 0.29) is 12.4 Å². The Morgan fingerprint density at radius 2 is 1.68 bits per heavy atom. The lowest BCUT2D eigenvalue weighted by Gasteiger charge is -2.18. The van der Waals surface area contributed by atoms with Crippen LogP contribution in [0.2, 0.25) is 0 Å². The van der Waals surface area contributed by atoms with Gasteiger partial charge in [0, 0.05) is 30.1 Å². The first kappa shape index (κ1) is 20.1. The molecule has 0 aliphatic heterocycles. The molecule has 0 saturated heterocycles.